The van der Waals surface area contributed by atoms with Gasteiger partial charge < -0.3 is 19.1 Å². The molecule has 8 heteroatoms. The lowest BCUT2D eigenvalue weighted by Gasteiger charge is -2.05. The predicted molar refractivity (Wildman–Crippen MR) is 92.7 cm³/mol. The van der Waals surface area contributed by atoms with Crippen LogP contribution in [-0.2, 0) is 11.3 Å². The van der Waals surface area contributed by atoms with Crippen molar-refractivity contribution in [2.24, 2.45) is 5.16 Å². The molecule has 0 aliphatic carbocycles. The van der Waals surface area contributed by atoms with Gasteiger partial charge in [0.15, 0.2) is 5.76 Å². The van der Waals surface area contributed by atoms with Crippen molar-refractivity contribution in [3.8, 4) is 5.75 Å². The van der Waals surface area contributed by atoms with Gasteiger partial charge >= 0.3 is 5.97 Å². The maximum absolute atomic E-state index is 12.2. The van der Waals surface area contributed by atoms with Gasteiger partial charge in [0.05, 0.1) is 22.7 Å². The largest absolute Gasteiger partial charge is 0.488 e. The van der Waals surface area contributed by atoms with Crippen molar-refractivity contribution in [1.29, 1.82) is 0 Å². The summed E-state index contributed by atoms with van der Waals surface area (Å²) in [6.07, 6.45) is 1.06. The Morgan fingerprint density at radius 2 is 2.32 bits per heavy atom. The Labute approximate surface area is 147 Å². The number of benzene rings is 1. The fourth-order valence-corrected chi connectivity index (χ4v) is 3.04. The number of fused-ring (bicyclic) bond motifs is 1. The highest BCUT2D eigenvalue weighted by Gasteiger charge is 2.21. The van der Waals surface area contributed by atoms with Gasteiger partial charge in [0.2, 0.25) is 0 Å². The Morgan fingerprint density at radius 3 is 3.00 bits per heavy atom. The van der Waals surface area contributed by atoms with Gasteiger partial charge in [-0.3, -0.25) is 0 Å². The van der Waals surface area contributed by atoms with Crippen LogP contribution in [0.4, 0.5) is 0 Å². The molecule has 0 saturated heterocycles. The van der Waals surface area contributed by atoms with Crippen molar-refractivity contribution in [3.05, 3.63) is 45.6 Å². The van der Waals surface area contributed by atoms with E-state index in [4.69, 9.17) is 19.1 Å². The minimum absolute atomic E-state index is 0.131. The number of ether oxygens (including phenoxy) is 2. The van der Waals surface area contributed by atoms with Crippen LogP contribution in [0.25, 0.3) is 11.0 Å². The molecule has 0 aliphatic rings. The smallest absolute Gasteiger partial charge is 0.342 e. The number of hydrogen-bond donors (Lipinski definition) is 1. The number of thiazole rings is 1. The molecule has 0 saturated carbocycles. The molecule has 2 heterocycles. The molecule has 0 aliphatic heterocycles. The average molecular weight is 360 g/mol. The number of aromatic nitrogens is 1. The number of oxime groups is 1. The highest BCUT2D eigenvalue weighted by molar-refractivity contribution is 7.09. The third-order valence-corrected chi connectivity index (χ3v) is 4.46. The van der Waals surface area contributed by atoms with E-state index >= 15 is 0 Å². The monoisotopic (exact) mass is 360 g/mol. The molecule has 0 amide bonds. The number of furan rings is 1. The van der Waals surface area contributed by atoms with Crippen LogP contribution in [0.1, 0.15) is 33.6 Å². The first-order valence-corrected chi connectivity index (χ1v) is 8.44. The minimum atomic E-state index is -0.549. The fraction of sp³-hybridized carbons (Fsp3) is 0.235. The third kappa shape index (κ3) is 3.48. The molecule has 0 radical (unpaired) electrons. The molecule has 0 bridgehead atoms. The van der Waals surface area contributed by atoms with Crippen LogP contribution >= 0.6 is 11.3 Å². The normalized spacial score (nSPS) is 11.3. The van der Waals surface area contributed by atoms with Crippen LogP contribution in [0.15, 0.2) is 33.3 Å². The summed E-state index contributed by atoms with van der Waals surface area (Å²) in [6, 6.07) is 5.15. The van der Waals surface area contributed by atoms with E-state index in [9.17, 15) is 4.79 Å². The number of carbonyl (C=O) groups is 1. The zero-order valence-electron chi connectivity index (χ0n) is 13.7. The van der Waals surface area contributed by atoms with Crippen molar-refractivity contribution in [2.75, 3.05) is 6.61 Å². The number of aryl methyl sites for hydroxylation is 1. The van der Waals surface area contributed by atoms with Crippen LogP contribution < -0.4 is 4.74 Å². The number of hydrogen-bond acceptors (Lipinski definition) is 8. The van der Waals surface area contributed by atoms with Gasteiger partial charge in [0.25, 0.3) is 0 Å². The first-order valence-electron chi connectivity index (χ1n) is 7.57. The Morgan fingerprint density at radius 1 is 1.48 bits per heavy atom. The molecule has 1 aromatic carbocycles. The first kappa shape index (κ1) is 17.0. The SMILES string of the molecule is CCOC(=O)c1c(/C=N/O)oc2ccc(OCc3scnc3C)cc12. The maximum atomic E-state index is 12.2. The molecule has 3 rings (SSSR count). The van der Waals surface area contributed by atoms with Crippen LogP contribution in [0, 0.1) is 6.92 Å². The second-order valence-electron chi connectivity index (χ2n) is 5.11. The first-order chi connectivity index (χ1) is 12.1. The van der Waals surface area contributed by atoms with Crippen molar-refractivity contribution in [1.82, 2.24) is 4.98 Å². The number of esters is 1. The summed E-state index contributed by atoms with van der Waals surface area (Å²) in [7, 11) is 0. The summed E-state index contributed by atoms with van der Waals surface area (Å²) in [6.45, 7) is 4.25. The highest BCUT2D eigenvalue weighted by atomic mass is 32.1. The standard InChI is InChI=1S/C17H16N2O5S/c1-3-22-17(20)16-12-6-11(23-8-15-10(2)18-9-25-15)4-5-13(12)24-14(16)7-19-21/h4-7,9,21H,3,8H2,1-2H3/b19-7+. The van der Waals surface area contributed by atoms with Gasteiger partial charge in [0.1, 0.15) is 29.7 Å². The van der Waals surface area contributed by atoms with E-state index < -0.39 is 5.97 Å². The molecule has 0 fully saturated rings. The molecule has 0 spiro atoms. The van der Waals surface area contributed by atoms with E-state index in [1.807, 2.05) is 6.92 Å². The van der Waals surface area contributed by atoms with Crippen molar-refractivity contribution in [2.45, 2.75) is 20.5 Å². The molecular weight excluding hydrogens is 344 g/mol. The van der Waals surface area contributed by atoms with E-state index in [2.05, 4.69) is 10.1 Å². The van der Waals surface area contributed by atoms with E-state index in [1.165, 1.54) is 11.3 Å². The molecule has 2 aromatic heterocycles. The molecule has 3 aromatic rings. The second-order valence-corrected chi connectivity index (χ2v) is 6.05. The van der Waals surface area contributed by atoms with E-state index in [-0.39, 0.29) is 17.9 Å². The van der Waals surface area contributed by atoms with Crippen LogP contribution in [0.5, 0.6) is 5.75 Å². The summed E-state index contributed by atoms with van der Waals surface area (Å²) in [5, 5.41) is 12.3. The van der Waals surface area contributed by atoms with Crippen LogP contribution in [0.2, 0.25) is 0 Å². The van der Waals surface area contributed by atoms with E-state index in [1.54, 1.807) is 30.6 Å². The van der Waals surface area contributed by atoms with Crippen LogP contribution in [-0.4, -0.2) is 29.0 Å². The summed E-state index contributed by atoms with van der Waals surface area (Å²) in [4.78, 5) is 17.5. The predicted octanol–water partition coefficient (Wildman–Crippen LogP) is 3.76. The lowest BCUT2D eigenvalue weighted by molar-refractivity contribution is 0.0527. The lowest BCUT2D eigenvalue weighted by Crippen LogP contribution is -2.06. The zero-order valence-corrected chi connectivity index (χ0v) is 14.5. The topological polar surface area (TPSA) is 94.2 Å². The highest BCUT2D eigenvalue weighted by Crippen LogP contribution is 2.30. The third-order valence-electron chi connectivity index (χ3n) is 3.56. The second kappa shape index (κ2) is 7.35. The number of rotatable bonds is 6. The number of nitrogens with zero attached hydrogens (tertiary/aromatic N) is 2. The van der Waals surface area contributed by atoms with Crippen molar-refractivity contribution >= 4 is 34.5 Å². The molecule has 1 N–H and O–H groups in total. The van der Waals surface area contributed by atoms with Crippen LogP contribution in [0.3, 0.4) is 0 Å². The molecule has 25 heavy (non-hydrogen) atoms. The maximum Gasteiger partial charge on any atom is 0.342 e. The van der Waals surface area contributed by atoms with Crippen molar-refractivity contribution < 1.29 is 23.9 Å². The Bertz CT molecular complexity index is 928. The molecular formula is C17H16N2O5S. The Hall–Kier alpha value is -2.87. The fourth-order valence-electron chi connectivity index (χ4n) is 2.36. The Balaban J connectivity index is 1.96. The van der Waals surface area contributed by atoms with E-state index in [0.717, 1.165) is 16.8 Å². The van der Waals surface area contributed by atoms with Gasteiger partial charge in [-0.05, 0) is 32.0 Å². The molecule has 0 atom stereocenters. The summed E-state index contributed by atoms with van der Waals surface area (Å²) >= 11 is 1.52. The quantitative estimate of drug-likeness (QED) is 0.311. The lowest BCUT2D eigenvalue weighted by atomic mass is 10.1. The molecule has 130 valence electrons. The van der Waals surface area contributed by atoms with E-state index in [0.29, 0.717) is 23.3 Å². The number of carbonyl (C=O) groups excluding carboxylic acids is 1. The van der Waals surface area contributed by atoms with Crippen molar-refractivity contribution in [3.63, 3.8) is 0 Å². The average Bonchev–Trinajstić information content (AvgIpc) is 3.16. The van der Waals surface area contributed by atoms with Gasteiger partial charge in [0, 0.05) is 5.39 Å². The van der Waals surface area contributed by atoms with Gasteiger partial charge in [-0.15, -0.1) is 11.3 Å². The van der Waals surface area contributed by atoms with Gasteiger partial charge in [-0.1, -0.05) is 5.16 Å². The summed E-state index contributed by atoms with van der Waals surface area (Å²) in [5.74, 6) is 0.164. The molecule has 0 unspecified atom stereocenters. The van der Waals surface area contributed by atoms with Gasteiger partial charge in [-0.2, -0.15) is 0 Å². The molecule has 7 nitrogen and oxygen atoms in total. The summed E-state index contributed by atoms with van der Waals surface area (Å²) < 4.78 is 16.4. The zero-order chi connectivity index (χ0) is 17.8. The Kier molecular flexibility index (Phi) is 4.99. The minimum Gasteiger partial charge on any atom is -0.488 e. The van der Waals surface area contributed by atoms with Gasteiger partial charge in [-0.25, -0.2) is 9.78 Å². The summed E-state index contributed by atoms with van der Waals surface area (Å²) in [5.41, 5.74) is 3.38.